The van der Waals surface area contributed by atoms with Gasteiger partial charge < -0.3 is 20.4 Å². The fourth-order valence-electron chi connectivity index (χ4n) is 3.62. The number of rotatable bonds is 7. The number of likely N-dealkylation sites (N-methyl/N-ethyl adjacent to an activating group) is 1. The van der Waals surface area contributed by atoms with E-state index in [-0.39, 0.29) is 0 Å². The fourth-order valence-corrected chi connectivity index (χ4v) is 3.62. The minimum atomic E-state index is 0.415. The van der Waals surface area contributed by atoms with Crippen LogP contribution in [0, 0.1) is 6.92 Å². The molecule has 1 fully saturated rings. The van der Waals surface area contributed by atoms with E-state index in [1.807, 2.05) is 6.20 Å². The van der Waals surface area contributed by atoms with Gasteiger partial charge in [0.05, 0.1) is 6.54 Å². The minimum absolute atomic E-state index is 0.415. The van der Waals surface area contributed by atoms with Gasteiger partial charge in [-0.2, -0.15) is 0 Å². The molecule has 1 atom stereocenters. The van der Waals surface area contributed by atoms with E-state index in [1.54, 1.807) is 0 Å². The third-order valence-electron chi connectivity index (χ3n) is 5.59. The number of piperazine rings is 1. The van der Waals surface area contributed by atoms with Gasteiger partial charge in [-0.1, -0.05) is 36.8 Å². The fraction of sp³-hybridized carbons (Fsp3) is 0.500. The van der Waals surface area contributed by atoms with Crippen LogP contribution in [-0.2, 0) is 6.54 Å². The van der Waals surface area contributed by atoms with Gasteiger partial charge in [0.1, 0.15) is 5.82 Å². The Morgan fingerprint density at radius 1 is 1.13 bits per heavy atom. The summed E-state index contributed by atoms with van der Waals surface area (Å²) in [5.74, 6) is 2.33. The van der Waals surface area contributed by atoms with Gasteiger partial charge in [-0.25, -0.2) is 9.98 Å². The van der Waals surface area contributed by atoms with Crippen LogP contribution in [0.5, 0.6) is 0 Å². The maximum Gasteiger partial charge on any atom is 0.191 e. The van der Waals surface area contributed by atoms with Crippen LogP contribution in [0.4, 0.5) is 5.82 Å². The quantitative estimate of drug-likeness (QED) is 0.545. The van der Waals surface area contributed by atoms with Crippen LogP contribution in [0.2, 0.25) is 0 Å². The molecule has 162 valence electrons. The van der Waals surface area contributed by atoms with Crippen molar-refractivity contribution in [3.05, 3.63) is 59.3 Å². The number of anilines is 1. The highest BCUT2D eigenvalue weighted by Crippen LogP contribution is 2.16. The second kappa shape index (κ2) is 11.0. The average molecular weight is 409 g/mol. The summed E-state index contributed by atoms with van der Waals surface area (Å²) in [4.78, 5) is 14.1. The van der Waals surface area contributed by atoms with Crippen LogP contribution in [0.25, 0.3) is 0 Å². The maximum atomic E-state index is 4.81. The van der Waals surface area contributed by atoms with Gasteiger partial charge in [0.25, 0.3) is 0 Å². The molecule has 0 aliphatic carbocycles. The van der Waals surface area contributed by atoms with E-state index in [4.69, 9.17) is 4.99 Å². The number of aromatic nitrogens is 1. The van der Waals surface area contributed by atoms with Gasteiger partial charge in [0.2, 0.25) is 0 Å². The molecule has 0 saturated carbocycles. The second-order valence-electron chi connectivity index (χ2n) is 8.20. The Morgan fingerprint density at radius 2 is 1.93 bits per heavy atom. The molecule has 1 aliphatic heterocycles. The summed E-state index contributed by atoms with van der Waals surface area (Å²) in [5.41, 5.74) is 3.83. The second-order valence-corrected chi connectivity index (χ2v) is 8.20. The number of nitrogens with zero attached hydrogens (tertiary/aromatic N) is 4. The maximum absolute atomic E-state index is 4.81. The largest absolute Gasteiger partial charge is 0.357 e. The van der Waals surface area contributed by atoms with Crippen molar-refractivity contribution in [3.8, 4) is 0 Å². The summed E-state index contributed by atoms with van der Waals surface area (Å²) in [6.45, 7) is 13.0. The number of hydrogen-bond donors (Lipinski definition) is 2. The van der Waals surface area contributed by atoms with Gasteiger partial charge in [-0.15, -0.1) is 0 Å². The van der Waals surface area contributed by atoms with Crippen LogP contribution in [0.15, 0.2) is 47.6 Å². The van der Waals surface area contributed by atoms with E-state index in [1.165, 1.54) is 16.7 Å². The van der Waals surface area contributed by atoms with Crippen molar-refractivity contribution >= 4 is 11.8 Å². The normalized spacial score (nSPS) is 16.4. The SMILES string of the molecule is CCNC(=NCc1ccnc(N2CCN(C)CC2)c1)NCC(C)c1cccc(C)c1. The summed E-state index contributed by atoms with van der Waals surface area (Å²) >= 11 is 0. The summed E-state index contributed by atoms with van der Waals surface area (Å²) in [7, 11) is 2.17. The molecule has 2 N–H and O–H groups in total. The van der Waals surface area contributed by atoms with E-state index >= 15 is 0 Å². The predicted molar refractivity (Wildman–Crippen MR) is 126 cm³/mol. The molecule has 6 nitrogen and oxygen atoms in total. The smallest absolute Gasteiger partial charge is 0.191 e. The van der Waals surface area contributed by atoms with Gasteiger partial charge in [-0.3, -0.25) is 0 Å². The van der Waals surface area contributed by atoms with Crippen LogP contribution in [0.1, 0.15) is 36.5 Å². The Bertz CT molecular complexity index is 826. The number of aliphatic imine (C=N–C) groups is 1. The first-order valence-electron chi connectivity index (χ1n) is 11.0. The zero-order chi connectivity index (χ0) is 21.3. The zero-order valence-corrected chi connectivity index (χ0v) is 18.9. The molecule has 0 amide bonds. The molecule has 2 aromatic rings. The summed E-state index contributed by atoms with van der Waals surface area (Å²) in [6.07, 6.45) is 1.90. The lowest BCUT2D eigenvalue weighted by Gasteiger charge is -2.33. The first-order chi connectivity index (χ1) is 14.5. The van der Waals surface area contributed by atoms with Gasteiger partial charge >= 0.3 is 0 Å². The molecular weight excluding hydrogens is 372 g/mol. The molecule has 30 heavy (non-hydrogen) atoms. The van der Waals surface area contributed by atoms with E-state index in [9.17, 15) is 0 Å². The topological polar surface area (TPSA) is 55.8 Å². The Labute approximate surface area is 181 Å². The molecular formula is C24H36N6. The number of nitrogens with one attached hydrogen (secondary N) is 2. The van der Waals surface area contributed by atoms with Crippen molar-refractivity contribution in [1.82, 2.24) is 20.5 Å². The molecule has 0 bridgehead atoms. The zero-order valence-electron chi connectivity index (χ0n) is 18.9. The van der Waals surface area contributed by atoms with Crippen LogP contribution in [0.3, 0.4) is 0 Å². The molecule has 6 heteroatoms. The lowest BCUT2D eigenvalue weighted by atomic mass is 9.99. The molecule has 1 aromatic carbocycles. The van der Waals surface area contributed by atoms with E-state index < -0.39 is 0 Å². The Kier molecular flexibility index (Phi) is 8.08. The van der Waals surface area contributed by atoms with Gasteiger partial charge in [0.15, 0.2) is 5.96 Å². The summed E-state index contributed by atoms with van der Waals surface area (Å²) in [6, 6.07) is 12.9. The van der Waals surface area contributed by atoms with E-state index in [2.05, 4.69) is 89.6 Å². The predicted octanol–water partition coefficient (Wildman–Crippen LogP) is 3.00. The number of guanidine groups is 1. The first kappa shape index (κ1) is 22.1. The number of hydrogen-bond acceptors (Lipinski definition) is 4. The molecule has 0 spiro atoms. The van der Waals surface area contributed by atoms with Crippen molar-refractivity contribution in [3.63, 3.8) is 0 Å². The van der Waals surface area contributed by atoms with Crippen molar-refractivity contribution in [2.75, 3.05) is 51.2 Å². The summed E-state index contributed by atoms with van der Waals surface area (Å²) in [5, 5.41) is 6.86. The van der Waals surface area contributed by atoms with Gasteiger partial charge in [-0.05, 0) is 50.1 Å². The Balaban J connectivity index is 1.59. The highest BCUT2D eigenvalue weighted by atomic mass is 15.3. The minimum Gasteiger partial charge on any atom is -0.357 e. The molecule has 1 unspecified atom stereocenters. The molecule has 1 aliphatic rings. The molecule has 1 saturated heterocycles. The average Bonchev–Trinajstić information content (AvgIpc) is 2.76. The standard InChI is InChI=1S/C24H36N6/c1-5-25-24(27-17-20(3)22-8-6-7-19(2)15-22)28-18-21-9-10-26-23(16-21)30-13-11-29(4)12-14-30/h6-10,15-16,20H,5,11-14,17-18H2,1-4H3,(H2,25,27,28). The van der Waals surface area contributed by atoms with Crippen molar-refractivity contribution < 1.29 is 0 Å². The van der Waals surface area contributed by atoms with Crippen LogP contribution >= 0.6 is 0 Å². The Hall–Kier alpha value is -2.60. The van der Waals surface area contributed by atoms with Crippen LogP contribution in [-0.4, -0.2) is 62.2 Å². The molecule has 3 rings (SSSR count). The third kappa shape index (κ3) is 6.46. The lowest BCUT2D eigenvalue weighted by molar-refractivity contribution is 0.312. The molecule has 2 heterocycles. The van der Waals surface area contributed by atoms with E-state index in [0.29, 0.717) is 12.5 Å². The molecule has 1 aromatic heterocycles. The highest BCUT2D eigenvalue weighted by molar-refractivity contribution is 5.79. The van der Waals surface area contributed by atoms with Gasteiger partial charge in [0, 0.05) is 45.5 Å². The third-order valence-corrected chi connectivity index (χ3v) is 5.59. The van der Waals surface area contributed by atoms with Crippen molar-refractivity contribution in [1.29, 1.82) is 0 Å². The van der Waals surface area contributed by atoms with E-state index in [0.717, 1.165) is 51.0 Å². The van der Waals surface area contributed by atoms with Crippen molar-refractivity contribution in [2.24, 2.45) is 4.99 Å². The van der Waals surface area contributed by atoms with Crippen LogP contribution < -0.4 is 15.5 Å². The number of pyridine rings is 1. The summed E-state index contributed by atoms with van der Waals surface area (Å²) < 4.78 is 0. The van der Waals surface area contributed by atoms with Crippen molar-refractivity contribution in [2.45, 2.75) is 33.2 Å². The Morgan fingerprint density at radius 3 is 2.67 bits per heavy atom. The number of benzene rings is 1. The molecule has 0 radical (unpaired) electrons. The lowest BCUT2D eigenvalue weighted by Crippen LogP contribution is -2.44. The number of aryl methyl sites for hydroxylation is 1. The monoisotopic (exact) mass is 408 g/mol. The first-order valence-corrected chi connectivity index (χ1v) is 11.0. The highest BCUT2D eigenvalue weighted by Gasteiger charge is 2.15.